The van der Waals surface area contributed by atoms with Crippen molar-refractivity contribution in [2.24, 2.45) is 0 Å². The molecule has 0 radical (unpaired) electrons. The lowest BCUT2D eigenvalue weighted by Crippen LogP contribution is -2.22. The molecule has 1 aromatic carbocycles. The highest BCUT2D eigenvalue weighted by Crippen LogP contribution is 2.18. The molecule has 3 N–H and O–H groups in total. The van der Waals surface area contributed by atoms with Gasteiger partial charge in [-0.15, -0.1) is 0 Å². The van der Waals surface area contributed by atoms with Crippen molar-refractivity contribution in [2.75, 3.05) is 18.2 Å². The Morgan fingerprint density at radius 2 is 2.00 bits per heavy atom. The summed E-state index contributed by atoms with van der Waals surface area (Å²) < 4.78 is 5.24. The molecule has 1 aromatic heterocycles. The number of benzene rings is 1. The van der Waals surface area contributed by atoms with Crippen LogP contribution in [-0.2, 0) is 9.53 Å². The van der Waals surface area contributed by atoms with Gasteiger partial charge in [-0.2, -0.15) is 0 Å². The highest BCUT2D eigenvalue weighted by molar-refractivity contribution is 5.94. The fraction of sp³-hybridized carbons (Fsp3) is 0.143. The van der Waals surface area contributed by atoms with Crippen molar-refractivity contribution < 1.29 is 9.53 Å². The van der Waals surface area contributed by atoms with Crippen LogP contribution in [-0.4, -0.2) is 18.0 Å². The van der Waals surface area contributed by atoms with Crippen LogP contribution in [0.3, 0.4) is 0 Å². The maximum Gasteiger partial charge on any atom is 0.258 e. The van der Waals surface area contributed by atoms with Crippen LogP contribution in [0.15, 0.2) is 48.7 Å². The lowest BCUT2D eigenvalue weighted by molar-refractivity contribution is -0.126. The third-order valence-corrected chi connectivity index (χ3v) is 2.63. The molecule has 19 heavy (non-hydrogen) atoms. The maximum absolute atomic E-state index is 12.1. The van der Waals surface area contributed by atoms with E-state index in [-0.39, 0.29) is 5.91 Å². The first-order valence-corrected chi connectivity index (χ1v) is 5.81. The van der Waals surface area contributed by atoms with Crippen LogP contribution in [0.1, 0.15) is 11.7 Å². The van der Waals surface area contributed by atoms with Crippen LogP contribution in [0.2, 0.25) is 0 Å². The molecule has 5 nitrogen and oxygen atoms in total. The summed E-state index contributed by atoms with van der Waals surface area (Å²) in [6.45, 7) is 0. The van der Waals surface area contributed by atoms with Gasteiger partial charge in [-0.1, -0.05) is 30.3 Å². The third-order valence-electron chi connectivity index (χ3n) is 2.63. The van der Waals surface area contributed by atoms with Crippen LogP contribution >= 0.6 is 0 Å². The third kappa shape index (κ3) is 3.29. The van der Waals surface area contributed by atoms with Crippen molar-refractivity contribution >= 4 is 17.4 Å². The highest BCUT2D eigenvalue weighted by Gasteiger charge is 2.19. The second-order valence-corrected chi connectivity index (χ2v) is 3.99. The molecule has 0 aliphatic carbocycles. The molecule has 0 saturated heterocycles. The van der Waals surface area contributed by atoms with E-state index in [1.165, 1.54) is 13.3 Å². The molecule has 1 heterocycles. The van der Waals surface area contributed by atoms with Gasteiger partial charge < -0.3 is 15.8 Å². The Bertz CT molecular complexity index is 540. The predicted molar refractivity (Wildman–Crippen MR) is 73.5 cm³/mol. The fourth-order valence-electron chi connectivity index (χ4n) is 1.71. The number of nitrogen functional groups attached to an aromatic ring is 1. The Kier molecular flexibility index (Phi) is 4.10. The zero-order valence-electron chi connectivity index (χ0n) is 10.5. The van der Waals surface area contributed by atoms with Gasteiger partial charge in [0, 0.05) is 7.11 Å². The molecular formula is C14H15N3O2. The van der Waals surface area contributed by atoms with E-state index in [0.717, 1.165) is 5.56 Å². The molecular weight excluding hydrogens is 242 g/mol. The number of nitrogens with two attached hydrogens (primary N) is 1. The summed E-state index contributed by atoms with van der Waals surface area (Å²) in [4.78, 5) is 16.0. The van der Waals surface area contributed by atoms with E-state index >= 15 is 0 Å². The summed E-state index contributed by atoms with van der Waals surface area (Å²) in [6, 6.07) is 12.6. The minimum atomic E-state index is -0.654. The molecule has 1 unspecified atom stereocenters. The Labute approximate surface area is 111 Å². The number of nitrogens with one attached hydrogen (secondary N) is 1. The lowest BCUT2D eigenvalue weighted by Gasteiger charge is -2.15. The van der Waals surface area contributed by atoms with E-state index in [9.17, 15) is 4.79 Å². The highest BCUT2D eigenvalue weighted by atomic mass is 16.5. The van der Waals surface area contributed by atoms with E-state index < -0.39 is 6.10 Å². The van der Waals surface area contributed by atoms with Crippen molar-refractivity contribution in [3.05, 3.63) is 54.2 Å². The summed E-state index contributed by atoms with van der Waals surface area (Å²) in [5, 5.41) is 2.74. The molecule has 0 fully saturated rings. The summed E-state index contributed by atoms with van der Waals surface area (Å²) in [5.41, 5.74) is 6.86. The summed E-state index contributed by atoms with van der Waals surface area (Å²) in [7, 11) is 1.50. The second-order valence-electron chi connectivity index (χ2n) is 3.99. The van der Waals surface area contributed by atoms with Gasteiger partial charge in [0.05, 0.1) is 11.9 Å². The quantitative estimate of drug-likeness (QED) is 0.878. The van der Waals surface area contributed by atoms with Crippen LogP contribution in [0.4, 0.5) is 11.5 Å². The van der Waals surface area contributed by atoms with Gasteiger partial charge in [0.25, 0.3) is 5.91 Å². The van der Waals surface area contributed by atoms with Crippen LogP contribution in [0.25, 0.3) is 0 Å². The molecule has 0 aliphatic heterocycles. The number of hydrogen-bond donors (Lipinski definition) is 2. The number of ether oxygens (including phenoxy) is 1. The number of rotatable bonds is 4. The van der Waals surface area contributed by atoms with E-state index in [4.69, 9.17) is 10.5 Å². The number of nitrogens with zero attached hydrogens (tertiary/aromatic N) is 1. The molecule has 98 valence electrons. The topological polar surface area (TPSA) is 77.2 Å². The Hall–Kier alpha value is -2.40. The van der Waals surface area contributed by atoms with Crippen molar-refractivity contribution in [1.29, 1.82) is 0 Å². The van der Waals surface area contributed by atoms with Crippen LogP contribution in [0, 0.1) is 0 Å². The van der Waals surface area contributed by atoms with Gasteiger partial charge in [0.1, 0.15) is 5.82 Å². The molecule has 2 rings (SSSR count). The van der Waals surface area contributed by atoms with Crippen molar-refractivity contribution in [3.8, 4) is 0 Å². The minimum Gasteiger partial charge on any atom is -0.384 e. The maximum atomic E-state index is 12.1. The van der Waals surface area contributed by atoms with Gasteiger partial charge in [-0.05, 0) is 17.7 Å². The van der Waals surface area contributed by atoms with Crippen molar-refractivity contribution in [2.45, 2.75) is 6.10 Å². The molecule has 1 amide bonds. The smallest absolute Gasteiger partial charge is 0.258 e. The number of carbonyl (C=O) groups excluding carboxylic acids is 1. The number of anilines is 2. The van der Waals surface area contributed by atoms with E-state index in [0.29, 0.717) is 11.5 Å². The lowest BCUT2D eigenvalue weighted by atomic mass is 10.1. The van der Waals surface area contributed by atoms with Gasteiger partial charge in [-0.3, -0.25) is 4.79 Å². The van der Waals surface area contributed by atoms with Crippen LogP contribution in [0.5, 0.6) is 0 Å². The monoisotopic (exact) mass is 257 g/mol. The van der Waals surface area contributed by atoms with Gasteiger partial charge in [0.15, 0.2) is 6.10 Å². The zero-order valence-corrected chi connectivity index (χ0v) is 10.5. The molecule has 2 aromatic rings. The molecule has 1 atom stereocenters. The number of hydrogen-bond acceptors (Lipinski definition) is 4. The number of amides is 1. The number of aromatic nitrogens is 1. The predicted octanol–water partition coefficient (Wildman–Crippen LogP) is 1.99. The first-order chi connectivity index (χ1) is 9.20. The van der Waals surface area contributed by atoms with Gasteiger partial charge >= 0.3 is 0 Å². The van der Waals surface area contributed by atoms with Crippen molar-refractivity contribution in [1.82, 2.24) is 4.98 Å². The van der Waals surface area contributed by atoms with Crippen LogP contribution < -0.4 is 11.1 Å². The second kappa shape index (κ2) is 5.97. The Balaban J connectivity index is 2.11. The molecule has 5 heteroatoms. The van der Waals surface area contributed by atoms with Gasteiger partial charge in [-0.25, -0.2) is 4.98 Å². The summed E-state index contributed by atoms with van der Waals surface area (Å²) in [6.07, 6.45) is 0.851. The molecule has 0 bridgehead atoms. The van der Waals surface area contributed by atoms with Crippen molar-refractivity contribution in [3.63, 3.8) is 0 Å². The first-order valence-electron chi connectivity index (χ1n) is 5.81. The van der Waals surface area contributed by atoms with Gasteiger partial charge in [0.2, 0.25) is 0 Å². The standard InChI is InChI=1S/C14H15N3O2/c1-19-13(10-5-3-2-4-6-10)14(18)17-11-7-8-12(15)16-9-11/h2-9,13H,1H3,(H2,15,16)(H,17,18). The zero-order chi connectivity index (χ0) is 13.7. The average molecular weight is 257 g/mol. The average Bonchev–Trinajstić information content (AvgIpc) is 2.43. The van der Waals surface area contributed by atoms with E-state index in [2.05, 4.69) is 10.3 Å². The number of pyridine rings is 1. The number of carbonyl (C=O) groups is 1. The molecule has 0 saturated carbocycles. The SMILES string of the molecule is COC(C(=O)Nc1ccc(N)nc1)c1ccccc1. The minimum absolute atomic E-state index is 0.250. The fourth-order valence-corrected chi connectivity index (χ4v) is 1.71. The van der Waals surface area contributed by atoms with E-state index in [1.807, 2.05) is 30.3 Å². The largest absolute Gasteiger partial charge is 0.384 e. The first kappa shape index (κ1) is 13.0. The van der Waals surface area contributed by atoms with E-state index in [1.54, 1.807) is 12.1 Å². The normalized spacial score (nSPS) is 11.8. The summed E-state index contributed by atoms with van der Waals surface area (Å²) in [5.74, 6) is 0.157. The Morgan fingerprint density at radius 3 is 2.58 bits per heavy atom. The molecule has 0 aliphatic rings. The number of methoxy groups -OCH3 is 1. The molecule has 0 spiro atoms. The summed E-state index contributed by atoms with van der Waals surface area (Å²) >= 11 is 0. The Morgan fingerprint density at radius 1 is 1.26 bits per heavy atom.